The molecule has 3 heterocycles. The number of hydrogen-bond donors (Lipinski definition) is 0. The summed E-state index contributed by atoms with van der Waals surface area (Å²) in [7, 11) is 0. The van der Waals surface area contributed by atoms with Crippen LogP contribution in [0.1, 0.15) is 0 Å². The Labute approximate surface area is 360 Å². The van der Waals surface area contributed by atoms with E-state index in [1.807, 2.05) is 6.07 Å². The lowest BCUT2D eigenvalue weighted by molar-refractivity contribution is 1.18. The SMILES string of the molecule is c1ccc(-c2cc(-c3ccccc3)nc(-c3ccc(-c4ccc5c(c4)c4ccccc4n5-c4cccc(-c5cccc6c5c5ccccc5n6-c5ccccc5)c4)cc3)c2)cc1. The molecule has 0 unspecified atom stereocenters. The lowest BCUT2D eigenvalue weighted by atomic mass is 9.98. The third-order valence-electron chi connectivity index (χ3n) is 12.3. The van der Waals surface area contributed by atoms with Gasteiger partial charge in [-0.2, -0.15) is 0 Å². The van der Waals surface area contributed by atoms with E-state index >= 15 is 0 Å². The van der Waals surface area contributed by atoms with Gasteiger partial charge in [0.1, 0.15) is 0 Å². The van der Waals surface area contributed by atoms with Gasteiger partial charge in [0, 0.05) is 44.0 Å². The molecule has 3 nitrogen and oxygen atoms in total. The summed E-state index contributed by atoms with van der Waals surface area (Å²) in [6, 6.07) is 85.1. The Bertz CT molecular complexity index is 3540. The predicted molar refractivity (Wildman–Crippen MR) is 260 cm³/mol. The molecule has 0 radical (unpaired) electrons. The maximum absolute atomic E-state index is 5.17. The van der Waals surface area contributed by atoms with Crippen molar-refractivity contribution in [3.05, 3.63) is 237 Å². The Morgan fingerprint density at radius 1 is 0.258 bits per heavy atom. The van der Waals surface area contributed by atoms with Crippen molar-refractivity contribution in [1.29, 1.82) is 0 Å². The van der Waals surface area contributed by atoms with Gasteiger partial charge in [-0.05, 0) is 100 Å². The number of pyridine rings is 1. The molecule has 3 heteroatoms. The second kappa shape index (κ2) is 14.8. The topological polar surface area (TPSA) is 22.8 Å². The van der Waals surface area contributed by atoms with Crippen LogP contribution in [0.5, 0.6) is 0 Å². The van der Waals surface area contributed by atoms with E-state index in [1.165, 1.54) is 71.4 Å². The Hall–Kier alpha value is -8.27. The molecule has 0 aliphatic carbocycles. The highest BCUT2D eigenvalue weighted by atomic mass is 15.0. The Kier molecular flexibility index (Phi) is 8.50. The smallest absolute Gasteiger partial charge is 0.0715 e. The minimum atomic E-state index is 0.954. The van der Waals surface area contributed by atoms with E-state index in [1.54, 1.807) is 0 Å². The van der Waals surface area contributed by atoms with Crippen LogP contribution < -0.4 is 0 Å². The van der Waals surface area contributed by atoms with Crippen molar-refractivity contribution in [2.75, 3.05) is 0 Å². The summed E-state index contributed by atoms with van der Waals surface area (Å²) in [5, 5.41) is 4.97. The second-order valence-electron chi connectivity index (χ2n) is 16.0. The molecule has 0 aliphatic heterocycles. The maximum Gasteiger partial charge on any atom is 0.0715 e. The number of aromatic nitrogens is 3. The van der Waals surface area contributed by atoms with E-state index in [-0.39, 0.29) is 0 Å². The fraction of sp³-hybridized carbons (Fsp3) is 0. The maximum atomic E-state index is 5.17. The van der Waals surface area contributed by atoms with Crippen molar-refractivity contribution in [2.45, 2.75) is 0 Å². The van der Waals surface area contributed by atoms with Crippen molar-refractivity contribution in [3.8, 4) is 67.3 Å². The quantitative estimate of drug-likeness (QED) is 0.158. The first-order chi connectivity index (χ1) is 30.7. The molecule has 0 N–H and O–H groups in total. The van der Waals surface area contributed by atoms with Gasteiger partial charge in [0.2, 0.25) is 0 Å². The van der Waals surface area contributed by atoms with Crippen molar-refractivity contribution < 1.29 is 0 Å². The molecule has 0 fully saturated rings. The van der Waals surface area contributed by atoms with Gasteiger partial charge >= 0.3 is 0 Å². The molecule has 3 aromatic heterocycles. The van der Waals surface area contributed by atoms with Crippen LogP contribution in [0.2, 0.25) is 0 Å². The number of hydrogen-bond acceptors (Lipinski definition) is 1. The monoisotopic (exact) mass is 789 g/mol. The lowest BCUT2D eigenvalue weighted by Gasteiger charge is -2.12. The van der Waals surface area contributed by atoms with Crippen LogP contribution in [0.15, 0.2) is 237 Å². The van der Waals surface area contributed by atoms with E-state index in [4.69, 9.17) is 4.98 Å². The zero-order valence-corrected chi connectivity index (χ0v) is 33.9. The highest BCUT2D eigenvalue weighted by Crippen LogP contribution is 2.41. The zero-order valence-electron chi connectivity index (χ0n) is 33.9. The molecule has 9 aromatic carbocycles. The van der Waals surface area contributed by atoms with Gasteiger partial charge in [0.15, 0.2) is 0 Å². The summed E-state index contributed by atoms with van der Waals surface area (Å²) in [5.41, 5.74) is 18.3. The fourth-order valence-corrected chi connectivity index (χ4v) is 9.42. The van der Waals surface area contributed by atoms with Gasteiger partial charge in [-0.15, -0.1) is 0 Å². The van der Waals surface area contributed by atoms with Gasteiger partial charge in [-0.1, -0.05) is 170 Å². The van der Waals surface area contributed by atoms with E-state index in [2.05, 4.69) is 240 Å². The summed E-state index contributed by atoms with van der Waals surface area (Å²) < 4.78 is 4.81. The van der Waals surface area contributed by atoms with Crippen LogP contribution in [0.4, 0.5) is 0 Å². The summed E-state index contributed by atoms with van der Waals surface area (Å²) >= 11 is 0. The molecule has 12 rings (SSSR count). The van der Waals surface area contributed by atoms with Gasteiger partial charge in [0.25, 0.3) is 0 Å². The molecule has 0 aliphatic rings. The van der Waals surface area contributed by atoms with Crippen LogP contribution in [-0.4, -0.2) is 14.1 Å². The van der Waals surface area contributed by atoms with Gasteiger partial charge < -0.3 is 9.13 Å². The molecule has 62 heavy (non-hydrogen) atoms. The predicted octanol–water partition coefficient (Wildman–Crippen LogP) is 15.6. The molecule has 290 valence electrons. The molecule has 0 amide bonds. The third kappa shape index (κ3) is 6.02. The molecule has 0 saturated heterocycles. The molecule has 0 atom stereocenters. The molecular weight excluding hydrogens is 751 g/mol. The van der Waals surface area contributed by atoms with Crippen LogP contribution in [0.25, 0.3) is 111 Å². The molecule has 0 bridgehead atoms. The lowest BCUT2D eigenvalue weighted by Crippen LogP contribution is -1.95. The first-order valence-corrected chi connectivity index (χ1v) is 21.2. The van der Waals surface area contributed by atoms with Gasteiger partial charge in [-0.25, -0.2) is 4.98 Å². The van der Waals surface area contributed by atoms with Gasteiger partial charge in [-0.3, -0.25) is 0 Å². The fourth-order valence-electron chi connectivity index (χ4n) is 9.42. The number of nitrogens with zero attached hydrogens (tertiary/aromatic N) is 3. The molecule has 12 aromatic rings. The van der Waals surface area contributed by atoms with E-state index in [9.17, 15) is 0 Å². The normalized spacial score (nSPS) is 11.5. The van der Waals surface area contributed by atoms with Crippen molar-refractivity contribution in [3.63, 3.8) is 0 Å². The largest absolute Gasteiger partial charge is 0.309 e. The Morgan fingerprint density at radius 3 is 1.48 bits per heavy atom. The highest BCUT2D eigenvalue weighted by Gasteiger charge is 2.18. The van der Waals surface area contributed by atoms with Gasteiger partial charge in [0.05, 0.1) is 33.5 Å². The van der Waals surface area contributed by atoms with Crippen LogP contribution in [0.3, 0.4) is 0 Å². The summed E-state index contributed by atoms with van der Waals surface area (Å²) in [4.78, 5) is 5.17. The molecule has 0 spiro atoms. The van der Waals surface area contributed by atoms with Crippen LogP contribution >= 0.6 is 0 Å². The van der Waals surface area contributed by atoms with Crippen molar-refractivity contribution in [2.24, 2.45) is 0 Å². The van der Waals surface area contributed by atoms with E-state index < -0.39 is 0 Å². The Balaban J connectivity index is 0.940. The summed E-state index contributed by atoms with van der Waals surface area (Å²) in [5.74, 6) is 0. The minimum absolute atomic E-state index is 0.954. The molecule has 0 saturated carbocycles. The van der Waals surface area contributed by atoms with Crippen LogP contribution in [-0.2, 0) is 0 Å². The van der Waals surface area contributed by atoms with Crippen molar-refractivity contribution >= 4 is 43.6 Å². The first-order valence-electron chi connectivity index (χ1n) is 21.2. The second-order valence-corrected chi connectivity index (χ2v) is 16.0. The average Bonchev–Trinajstić information content (AvgIpc) is 3.87. The number of para-hydroxylation sites is 3. The minimum Gasteiger partial charge on any atom is -0.309 e. The number of fused-ring (bicyclic) bond motifs is 6. The Morgan fingerprint density at radius 2 is 0.742 bits per heavy atom. The molecular formula is C59H39N3. The summed E-state index contributed by atoms with van der Waals surface area (Å²) in [6.45, 7) is 0. The zero-order chi connectivity index (χ0) is 41.0. The number of rotatable bonds is 7. The third-order valence-corrected chi connectivity index (χ3v) is 12.3. The standard InChI is InChI=1S/C59H39N3/c1-4-16-40(17-5-1)46-38-53(42-18-6-2-7-19-42)60-54(39-46)43-32-30-41(31-33-43)44-34-35-57-52(37-44)50-24-10-12-27-55(50)62(57)48-23-14-20-45(36-48)49-26-15-29-58-59(49)51-25-11-13-28-56(51)61(58)47-21-8-3-9-22-47/h1-39H. The average molecular weight is 790 g/mol. The number of benzene rings is 9. The van der Waals surface area contributed by atoms with E-state index in [0.29, 0.717) is 0 Å². The van der Waals surface area contributed by atoms with E-state index in [0.717, 1.165) is 39.5 Å². The highest BCUT2D eigenvalue weighted by molar-refractivity contribution is 6.16. The van der Waals surface area contributed by atoms with Crippen LogP contribution in [0, 0.1) is 0 Å². The first kappa shape index (κ1) is 35.7. The summed E-state index contributed by atoms with van der Waals surface area (Å²) in [6.07, 6.45) is 0. The van der Waals surface area contributed by atoms with Crippen molar-refractivity contribution in [1.82, 2.24) is 14.1 Å².